The van der Waals surface area contributed by atoms with Gasteiger partial charge in [-0.3, -0.25) is 4.79 Å². The molecule has 0 heterocycles. The number of hydrogen-bond acceptors (Lipinski definition) is 4. The molecule has 0 saturated carbocycles. The number of carbonyl (C=O) groups is 1. The molecular weight excluding hydrogens is 263 g/mol. The third-order valence-corrected chi connectivity index (χ3v) is 2.75. The minimum atomic E-state index is -0.674. The second kappa shape index (κ2) is 5.48. The van der Waals surface area contributed by atoms with Gasteiger partial charge in [-0.15, -0.1) is 0 Å². The van der Waals surface area contributed by atoms with E-state index in [0.717, 1.165) is 6.07 Å². The van der Waals surface area contributed by atoms with E-state index in [1.54, 1.807) is 6.07 Å². The summed E-state index contributed by atoms with van der Waals surface area (Å²) in [4.78, 5) is 12.0. The van der Waals surface area contributed by atoms with E-state index in [4.69, 9.17) is 10.5 Å². The molecule has 6 heteroatoms. The molecule has 1 amide bonds. The van der Waals surface area contributed by atoms with Gasteiger partial charge in [0.05, 0.1) is 24.0 Å². The lowest BCUT2D eigenvalue weighted by atomic mass is 10.1. The average Bonchev–Trinajstić information content (AvgIpc) is 2.44. The van der Waals surface area contributed by atoms with Crippen LogP contribution in [0, 0.1) is 5.82 Å². The van der Waals surface area contributed by atoms with Gasteiger partial charge in [0.25, 0.3) is 5.91 Å². The number of phenols is 1. The lowest BCUT2D eigenvalue weighted by molar-refractivity contribution is 0.102. The van der Waals surface area contributed by atoms with Gasteiger partial charge < -0.3 is 20.9 Å². The van der Waals surface area contributed by atoms with E-state index in [-0.39, 0.29) is 22.7 Å². The second-order valence-electron chi connectivity index (χ2n) is 4.04. The summed E-state index contributed by atoms with van der Waals surface area (Å²) in [6.07, 6.45) is 0. The predicted molar refractivity (Wildman–Crippen MR) is 73.4 cm³/mol. The van der Waals surface area contributed by atoms with Crippen LogP contribution in [0.2, 0.25) is 0 Å². The Balaban J connectivity index is 2.30. The fourth-order valence-electron chi connectivity index (χ4n) is 1.67. The van der Waals surface area contributed by atoms with Crippen LogP contribution >= 0.6 is 0 Å². The highest BCUT2D eigenvalue weighted by Crippen LogP contribution is 2.28. The van der Waals surface area contributed by atoms with Gasteiger partial charge in [-0.05, 0) is 24.3 Å². The molecule has 2 aromatic carbocycles. The van der Waals surface area contributed by atoms with Gasteiger partial charge >= 0.3 is 0 Å². The smallest absolute Gasteiger partial charge is 0.257 e. The van der Waals surface area contributed by atoms with Crippen LogP contribution in [0.5, 0.6) is 11.5 Å². The van der Waals surface area contributed by atoms with Gasteiger partial charge in [0.2, 0.25) is 0 Å². The van der Waals surface area contributed by atoms with Crippen LogP contribution in [0.4, 0.5) is 15.8 Å². The minimum absolute atomic E-state index is 0.00720. The van der Waals surface area contributed by atoms with Crippen molar-refractivity contribution >= 4 is 17.3 Å². The van der Waals surface area contributed by atoms with E-state index < -0.39 is 11.7 Å². The van der Waals surface area contributed by atoms with Crippen LogP contribution in [-0.4, -0.2) is 18.1 Å². The number of ether oxygens (including phenoxy) is 1. The molecule has 2 aromatic rings. The van der Waals surface area contributed by atoms with Crippen molar-refractivity contribution in [3.05, 3.63) is 47.8 Å². The van der Waals surface area contributed by atoms with Gasteiger partial charge in [-0.25, -0.2) is 4.39 Å². The number of carbonyl (C=O) groups excluding carboxylic acids is 1. The van der Waals surface area contributed by atoms with E-state index in [1.165, 1.54) is 31.4 Å². The number of aromatic hydroxyl groups is 1. The number of halogens is 1. The molecule has 4 N–H and O–H groups in total. The third-order valence-electron chi connectivity index (χ3n) is 2.75. The van der Waals surface area contributed by atoms with Gasteiger partial charge in [0.1, 0.15) is 17.3 Å². The molecule has 20 heavy (non-hydrogen) atoms. The number of amides is 1. The maximum Gasteiger partial charge on any atom is 0.257 e. The Morgan fingerprint density at radius 2 is 2.10 bits per heavy atom. The van der Waals surface area contributed by atoms with Gasteiger partial charge in [-0.1, -0.05) is 6.07 Å². The molecule has 0 atom stereocenters. The number of benzene rings is 2. The molecule has 0 aromatic heterocycles. The average molecular weight is 276 g/mol. The van der Waals surface area contributed by atoms with E-state index in [9.17, 15) is 14.3 Å². The molecule has 0 aliphatic heterocycles. The third kappa shape index (κ3) is 2.64. The number of nitrogens with two attached hydrogens (primary N) is 1. The van der Waals surface area contributed by atoms with Crippen molar-refractivity contribution < 1.29 is 19.0 Å². The van der Waals surface area contributed by atoms with Crippen molar-refractivity contribution in [1.29, 1.82) is 0 Å². The summed E-state index contributed by atoms with van der Waals surface area (Å²) >= 11 is 0. The molecule has 0 saturated heterocycles. The number of hydrogen-bond donors (Lipinski definition) is 3. The Kier molecular flexibility index (Phi) is 3.74. The first-order valence-electron chi connectivity index (χ1n) is 5.75. The van der Waals surface area contributed by atoms with Crippen LogP contribution in [0.1, 0.15) is 10.4 Å². The summed E-state index contributed by atoms with van der Waals surface area (Å²) in [6, 6.07) is 8.31. The molecule has 0 aliphatic rings. The summed E-state index contributed by atoms with van der Waals surface area (Å²) in [6.45, 7) is 0. The first kappa shape index (κ1) is 13.7. The maximum atomic E-state index is 13.3. The molecular formula is C14H13FN2O3. The molecule has 0 bridgehead atoms. The Hall–Kier alpha value is -2.76. The van der Waals surface area contributed by atoms with E-state index in [1.807, 2.05) is 0 Å². The second-order valence-corrected chi connectivity index (χ2v) is 4.04. The zero-order valence-corrected chi connectivity index (χ0v) is 10.7. The van der Waals surface area contributed by atoms with Crippen LogP contribution in [0.3, 0.4) is 0 Å². The Labute approximate surface area is 114 Å². The van der Waals surface area contributed by atoms with Gasteiger partial charge in [0.15, 0.2) is 0 Å². The fraction of sp³-hybridized carbons (Fsp3) is 0.0714. The number of nitrogen functional groups attached to an aromatic ring is 1. The molecule has 0 unspecified atom stereocenters. The minimum Gasteiger partial charge on any atom is -0.506 e. The van der Waals surface area contributed by atoms with Crippen molar-refractivity contribution in [2.45, 2.75) is 0 Å². The fourth-order valence-corrected chi connectivity index (χ4v) is 1.67. The first-order chi connectivity index (χ1) is 9.52. The monoisotopic (exact) mass is 276 g/mol. The molecule has 0 fully saturated rings. The summed E-state index contributed by atoms with van der Waals surface area (Å²) in [5.74, 6) is -0.961. The SMILES string of the molecule is COc1ccc(O)c(NC(=O)c2cccc(F)c2N)c1. The predicted octanol–water partition coefficient (Wildman–Crippen LogP) is 2.37. The summed E-state index contributed by atoms with van der Waals surface area (Å²) < 4.78 is 18.3. The summed E-state index contributed by atoms with van der Waals surface area (Å²) in [5, 5.41) is 12.1. The van der Waals surface area contributed by atoms with Crippen LogP contribution in [0.15, 0.2) is 36.4 Å². The van der Waals surface area contributed by atoms with E-state index in [2.05, 4.69) is 5.32 Å². The quantitative estimate of drug-likeness (QED) is 0.593. The zero-order valence-electron chi connectivity index (χ0n) is 10.7. The normalized spacial score (nSPS) is 10.1. The molecule has 0 aliphatic carbocycles. The van der Waals surface area contributed by atoms with Crippen molar-refractivity contribution in [3.8, 4) is 11.5 Å². The Morgan fingerprint density at radius 3 is 2.80 bits per heavy atom. The largest absolute Gasteiger partial charge is 0.506 e. The standard InChI is InChI=1S/C14H13FN2O3/c1-20-8-5-6-12(18)11(7-8)17-14(19)9-3-2-4-10(15)13(9)16/h2-7,18H,16H2,1H3,(H,17,19). The molecule has 104 valence electrons. The molecule has 2 rings (SSSR count). The van der Waals surface area contributed by atoms with Crippen molar-refractivity contribution in [3.63, 3.8) is 0 Å². The van der Waals surface area contributed by atoms with E-state index >= 15 is 0 Å². The van der Waals surface area contributed by atoms with Gasteiger partial charge in [-0.2, -0.15) is 0 Å². The lowest BCUT2D eigenvalue weighted by Crippen LogP contribution is -2.15. The Bertz CT molecular complexity index is 659. The topological polar surface area (TPSA) is 84.6 Å². The lowest BCUT2D eigenvalue weighted by Gasteiger charge is -2.10. The number of rotatable bonds is 3. The zero-order chi connectivity index (χ0) is 14.7. The number of nitrogens with one attached hydrogen (secondary N) is 1. The van der Waals surface area contributed by atoms with Crippen LogP contribution in [-0.2, 0) is 0 Å². The Morgan fingerprint density at radius 1 is 1.35 bits per heavy atom. The number of anilines is 2. The highest BCUT2D eigenvalue weighted by molar-refractivity contribution is 6.08. The van der Waals surface area contributed by atoms with Crippen molar-refractivity contribution in [1.82, 2.24) is 0 Å². The summed E-state index contributed by atoms with van der Waals surface area (Å²) in [7, 11) is 1.46. The first-order valence-corrected chi connectivity index (χ1v) is 5.75. The number of para-hydroxylation sites is 1. The van der Waals surface area contributed by atoms with Crippen molar-refractivity contribution in [2.24, 2.45) is 0 Å². The van der Waals surface area contributed by atoms with Crippen LogP contribution < -0.4 is 15.8 Å². The molecule has 0 spiro atoms. The summed E-state index contributed by atoms with van der Waals surface area (Å²) in [5.41, 5.74) is 5.41. The molecule has 5 nitrogen and oxygen atoms in total. The van der Waals surface area contributed by atoms with Gasteiger partial charge in [0, 0.05) is 6.07 Å². The van der Waals surface area contributed by atoms with E-state index in [0.29, 0.717) is 5.75 Å². The number of phenolic OH excluding ortho intramolecular Hbond substituents is 1. The highest BCUT2D eigenvalue weighted by Gasteiger charge is 2.14. The maximum absolute atomic E-state index is 13.3. The number of methoxy groups -OCH3 is 1. The highest BCUT2D eigenvalue weighted by atomic mass is 19.1. The van der Waals surface area contributed by atoms with Crippen LogP contribution in [0.25, 0.3) is 0 Å². The van der Waals surface area contributed by atoms with Crippen molar-refractivity contribution in [2.75, 3.05) is 18.2 Å². The molecule has 0 radical (unpaired) electrons.